The van der Waals surface area contributed by atoms with Crippen LogP contribution in [-0.4, -0.2) is 16.6 Å². The van der Waals surface area contributed by atoms with Gasteiger partial charge in [-0.3, -0.25) is 5.10 Å². The van der Waals surface area contributed by atoms with E-state index in [2.05, 4.69) is 20.3 Å². The fourth-order valence-corrected chi connectivity index (χ4v) is 1.62. The topological polar surface area (TPSA) is 49.9 Å². The van der Waals surface area contributed by atoms with Gasteiger partial charge in [0.2, 0.25) is 0 Å². The normalized spacial score (nSPS) is 13.1. The maximum Gasteiger partial charge on any atom is 0.573 e. The quantitative estimate of drug-likeness (QED) is 0.895. The molecule has 19 heavy (non-hydrogen) atoms. The highest BCUT2D eigenvalue weighted by molar-refractivity contribution is 5.49. The molecule has 1 aromatic carbocycles. The molecule has 1 aromatic heterocycles. The first-order chi connectivity index (χ1) is 8.94. The van der Waals surface area contributed by atoms with E-state index in [-0.39, 0.29) is 11.8 Å². The average molecular weight is 271 g/mol. The van der Waals surface area contributed by atoms with Crippen LogP contribution in [0.4, 0.5) is 18.9 Å². The number of aromatic nitrogens is 2. The van der Waals surface area contributed by atoms with E-state index in [0.29, 0.717) is 5.69 Å². The van der Waals surface area contributed by atoms with Crippen molar-refractivity contribution in [1.82, 2.24) is 10.2 Å². The average Bonchev–Trinajstić information content (AvgIpc) is 2.80. The fraction of sp³-hybridized carbons (Fsp3) is 0.250. The summed E-state index contributed by atoms with van der Waals surface area (Å²) in [6.45, 7) is 1.87. The molecule has 7 heteroatoms. The van der Waals surface area contributed by atoms with Crippen LogP contribution in [0.5, 0.6) is 5.75 Å². The van der Waals surface area contributed by atoms with Gasteiger partial charge in [-0.15, -0.1) is 13.2 Å². The Labute approximate surface area is 107 Å². The van der Waals surface area contributed by atoms with Crippen molar-refractivity contribution in [2.75, 3.05) is 5.32 Å². The minimum absolute atomic E-state index is 0.108. The van der Waals surface area contributed by atoms with E-state index in [1.165, 1.54) is 18.2 Å². The number of nitrogens with one attached hydrogen (secondary N) is 2. The van der Waals surface area contributed by atoms with Crippen LogP contribution >= 0.6 is 0 Å². The molecular weight excluding hydrogens is 259 g/mol. The van der Waals surface area contributed by atoms with Crippen LogP contribution in [0.15, 0.2) is 36.5 Å². The molecule has 102 valence electrons. The molecule has 2 aromatic rings. The van der Waals surface area contributed by atoms with Gasteiger partial charge in [-0.1, -0.05) is 6.07 Å². The fourth-order valence-electron chi connectivity index (χ4n) is 1.62. The number of H-pyrrole nitrogens is 1. The number of alkyl halides is 3. The molecule has 2 rings (SSSR count). The monoisotopic (exact) mass is 271 g/mol. The molecule has 0 spiro atoms. The summed E-state index contributed by atoms with van der Waals surface area (Å²) in [4.78, 5) is 0. The second kappa shape index (κ2) is 5.21. The molecule has 0 aliphatic rings. The molecule has 0 aliphatic carbocycles. The third-order valence-corrected chi connectivity index (χ3v) is 2.44. The third kappa shape index (κ3) is 3.90. The molecule has 0 saturated carbocycles. The lowest BCUT2D eigenvalue weighted by Gasteiger charge is -2.15. The smallest absolute Gasteiger partial charge is 0.406 e. The Bertz CT molecular complexity index is 525. The molecule has 0 fully saturated rings. The molecule has 1 unspecified atom stereocenters. The Morgan fingerprint density at radius 3 is 2.74 bits per heavy atom. The van der Waals surface area contributed by atoms with Crippen molar-refractivity contribution in [3.8, 4) is 5.75 Å². The van der Waals surface area contributed by atoms with Crippen molar-refractivity contribution >= 4 is 5.69 Å². The van der Waals surface area contributed by atoms with E-state index in [9.17, 15) is 13.2 Å². The van der Waals surface area contributed by atoms with Crippen molar-refractivity contribution < 1.29 is 17.9 Å². The highest BCUT2D eigenvalue weighted by Gasteiger charge is 2.31. The summed E-state index contributed by atoms with van der Waals surface area (Å²) in [7, 11) is 0. The Morgan fingerprint density at radius 1 is 1.32 bits per heavy atom. The van der Waals surface area contributed by atoms with Crippen LogP contribution in [0.3, 0.4) is 0 Å². The molecule has 0 amide bonds. The van der Waals surface area contributed by atoms with Crippen LogP contribution in [0.25, 0.3) is 0 Å². The number of hydrogen-bond acceptors (Lipinski definition) is 3. The molecule has 1 atom stereocenters. The molecule has 0 aliphatic heterocycles. The number of hydrogen-bond donors (Lipinski definition) is 2. The Hall–Kier alpha value is -2.18. The van der Waals surface area contributed by atoms with Gasteiger partial charge in [0.1, 0.15) is 5.75 Å². The lowest BCUT2D eigenvalue weighted by atomic mass is 10.2. The third-order valence-electron chi connectivity index (χ3n) is 2.44. The minimum atomic E-state index is -4.69. The second-order valence-electron chi connectivity index (χ2n) is 3.95. The summed E-state index contributed by atoms with van der Waals surface area (Å²) in [6, 6.07) is 7.37. The van der Waals surface area contributed by atoms with E-state index in [0.717, 1.165) is 5.69 Å². The van der Waals surface area contributed by atoms with E-state index in [4.69, 9.17) is 0 Å². The van der Waals surface area contributed by atoms with Gasteiger partial charge in [-0.25, -0.2) is 0 Å². The zero-order valence-electron chi connectivity index (χ0n) is 10.0. The summed E-state index contributed by atoms with van der Waals surface area (Å²) in [5, 5.41) is 9.65. The van der Waals surface area contributed by atoms with Gasteiger partial charge in [0.25, 0.3) is 0 Å². The van der Waals surface area contributed by atoms with Crippen LogP contribution < -0.4 is 10.1 Å². The van der Waals surface area contributed by atoms with Crippen molar-refractivity contribution in [3.05, 3.63) is 42.2 Å². The first kappa shape index (κ1) is 13.3. The van der Waals surface area contributed by atoms with Gasteiger partial charge >= 0.3 is 6.36 Å². The number of halogens is 3. The minimum Gasteiger partial charge on any atom is -0.406 e. The van der Waals surface area contributed by atoms with Gasteiger partial charge in [0.05, 0.1) is 11.7 Å². The molecule has 0 bridgehead atoms. The van der Waals surface area contributed by atoms with E-state index < -0.39 is 6.36 Å². The van der Waals surface area contributed by atoms with Gasteiger partial charge in [-0.2, -0.15) is 5.10 Å². The first-order valence-electron chi connectivity index (χ1n) is 5.56. The molecule has 0 radical (unpaired) electrons. The van der Waals surface area contributed by atoms with Crippen LogP contribution in [0.1, 0.15) is 18.7 Å². The lowest BCUT2D eigenvalue weighted by Crippen LogP contribution is -2.17. The molecule has 2 N–H and O–H groups in total. The van der Waals surface area contributed by atoms with Crippen molar-refractivity contribution in [1.29, 1.82) is 0 Å². The maximum absolute atomic E-state index is 12.1. The van der Waals surface area contributed by atoms with Gasteiger partial charge in [0, 0.05) is 18.0 Å². The molecule has 4 nitrogen and oxygen atoms in total. The predicted molar refractivity (Wildman–Crippen MR) is 63.8 cm³/mol. The number of anilines is 1. The SMILES string of the molecule is CC(Nc1cccc(OC(F)(F)F)c1)c1ccn[nH]1. The van der Waals surface area contributed by atoms with Crippen LogP contribution in [-0.2, 0) is 0 Å². The zero-order chi connectivity index (χ0) is 13.9. The van der Waals surface area contributed by atoms with Crippen LogP contribution in [0.2, 0.25) is 0 Å². The highest BCUT2D eigenvalue weighted by atomic mass is 19.4. The van der Waals surface area contributed by atoms with Crippen molar-refractivity contribution in [2.45, 2.75) is 19.3 Å². The largest absolute Gasteiger partial charge is 0.573 e. The molecular formula is C12H12F3N3O. The summed E-state index contributed by atoms with van der Waals surface area (Å²) in [5.74, 6) is -0.255. The highest BCUT2D eigenvalue weighted by Crippen LogP contribution is 2.26. The Balaban J connectivity index is 2.07. The van der Waals surface area contributed by atoms with Crippen molar-refractivity contribution in [2.24, 2.45) is 0 Å². The summed E-state index contributed by atoms with van der Waals surface area (Å²) < 4.78 is 40.2. The molecule has 0 saturated heterocycles. The number of aromatic amines is 1. The zero-order valence-corrected chi connectivity index (χ0v) is 10.0. The van der Waals surface area contributed by atoms with Gasteiger partial charge in [-0.05, 0) is 25.1 Å². The van der Waals surface area contributed by atoms with E-state index in [1.807, 2.05) is 6.92 Å². The number of nitrogens with zero attached hydrogens (tertiary/aromatic N) is 1. The Kier molecular flexibility index (Phi) is 3.64. The van der Waals surface area contributed by atoms with Gasteiger partial charge < -0.3 is 10.1 Å². The Morgan fingerprint density at radius 2 is 2.11 bits per heavy atom. The first-order valence-corrected chi connectivity index (χ1v) is 5.56. The molecule has 1 heterocycles. The lowest BCUT2D eigenvalue weighted by molar-refractivity contribution is -0.274. The number of ether oxygens (including phenoxy) is 1. The summed E-state index contributed by atoms with van der Waals surface area (Å²) in [6.07, 6.45) is -3.08. The van der Waals surface area contributed by atoms with E-state index >= 15 is 0 Å². The second-order valence-corrected chi connectivity index (χ2v) is 3.95. The van der Waals surface area contributed by atoms with Gasteiger partial charge in [0.15, 0.2) is 0 Å². The standard InChI is InChI=1S/C12H12F3N3O/c1-8(11-5-6-16-18-11)17-9-3-2-4-10(7-9)19-12(13,14)15/h2-8,17H,1H3,(H,16,18). The van der Waals surface area contributed by atoms with Crippen LogP contribution in [0, 0.1) is 0 Å². The number of benzene rings is 1. The van der Waals surface area contributed by atoms with Crippen molar-refractivity contribution in [3.63, 3.8) is 0 Å². The maximum atomic E-state index is 12.1. The summed E-state index contributed by atoms with van der Waals surface area (Å²) in [5.41, 5.74) is 1.37. The summed E-state index contributed by atoms with van der Waals surface area (Å²) >= 11 is 0. The van der Waals surface area contributed by atoms with E-state index in [1.54, 1.807) is 18.3 Å². The number of rotatable bonds is 4. The predicted octanol–water partition coefficient (Wildman–Crippen LogP) is 3.48.